The topological polar surface area (TPSA) is 75.0 Å². The first kappa shape index (κ1) is 24.9. The number of piperidine rings is 1. The fourth-order valence-corrected chi connectivity index (χ4v) is 4.69. The van der Waals surface area contributed by atoms with E-state index in [1.165, 1.54) is 0 Å². The number of likely N-dealkylation sites (tertiary alicyclic amines) is 1. The van der Waals surface area contributed by atoms with Crippen LogP contribution in [-0.4, -0.2) is 67.6 Å². The number of nitrogens with zero attached hydrogens (tertiary/aromatic N) is 2. The number of carbonyl (C=O) groups is 2. The zero-order valence-electron chi connectivity index (χ0n) is 20.9. The molecule has 2 aromatic carbocycles. The number of fused-ring (bicyclic) bond motifs is 1. The maximum absolute atomic E-state index is 13.5. The van der Waals surface area contributed by atoms with Crippen LogP contribution in [0.15, 0.2) is 52.9 Å². The number of aryl methyl sites for hydroxylation is 1. The summed E-state index contributed by atoms with van der Waals surface area (Å²) in [4.78, 5) is 30.8. The highest BCUT2D eigenvalue weighted by Crippen LogP contribution is 2.33. The normalized spacial score (nSPS) is 14.6. The predicted octanol–water partition coefficient (Wildman–Crippen LogP) is 4.96. The molecule has 0 unspecified atom stereocenters. The van der Waals surface area contributed by atoms with Gasteiger partial charge in [-0.3, -0.25) is 9.59 Å². The van der Waals surface area contributed by atoms with E-state index < -0.39 is 0 Å². The van der Waals surface area contributed by atoms with E-state index in [0.29, 0.717) is 36.0 Å². The summed E-state index contributed by atoms with van der Waals surface area (Å²) in [6.07, 6.45) is 2.82. The summed E-state index contributed by atoms with van der Waals surface area (Å²) in [5.41, 5.74) is 2.56. The zero-order chi connectivity index (χ0) is 24.8. The van der Waals surface area contributed by atoms with Crippen molar-refractivity contribution in [2.75, 3.05) is 45.2 Å². The van der Waals surface area contributed by atoms with Gasteiger partial charge in [-0.1, -0.05) is 29.8 Å². The van der Waals surface area contributed by atoms with E-state index in [9.17, 15) is 9.59 Å². The Kier molecular flexibility index (Phi) is 8.21. The number of hydrogen-bond acceptors (Lipinski definition) is 5. The zero-order valence-corrected chi connectivity index (χ0v) is 20.9. The Balaban J connectivity index is 1.47. The fraction of sp³-hybridized carbons (Fsp3) is 0.429. The van der Waals surface area contributed by atoms with Crippen molar-refractivity contribution in [3.8, 4) is 0 Å². The average Bonchev–Trinajstić information content (AvgIpc) is 3.24. The summed E-state index contributed by atoms with van der Waals surface area (Å²) in [5, 5.41) is 3.68. The van der Waals surface area contributed by atoms with Gasteiger partial charge in [-0.15, -0.1) is 0 Å². The van der Waals surface area contributed by atoms with Gasteiger partial charge in [0.1, 0.15) is 11.3 Å². The van der Waals surface area contributed by atoms with Crippen molar-refractivity contribution in [1.29, 1.82) is 0 Å². The number of carbonyl (C=O) groups excluding carboxylic acids is 2. The van der Waals surface area contributed by atoms with Crippen LogP contribution < -0.4 is 5.32 Å². The molecule has 1 fully saturated rings. The minimum Gasteiger partial charge on any atom is -0.449 e. The summed E-state index contributed by atoms with van der Waals surface area (Å²) >= 11 is 0. The summed E-state index contributed by atoms with van der Waals surface area (Å²) in [6.45, 7) is 7.78. The van der Waals surface area contributed by atoms with Crippen LogP contribution in [0.4, 0.5) is 5.69 Å². The van der Waals surface area contributed by atoms with E-state index in [0.717, 1.165) is 50.0 Å². The average molecular weight is 478 g/mol. The number of ether oxygens (including phenoxy) is 1. The number of rotatable bonds is 9. The van der Waals surface area contributed by atoms with Crippen molar-refractivity contribution in [1.82, 2.24) is 9.80 Å². The fourth-order valence-electron chi connectivity index (χ4n) is 4.69. The monoisotopic (exact) mass is 477 g/mol. The number of amides is 2. The summed E-state index contributed by atoms with van der Waals surface area (Å²) in [6, 6.07) is 15.2. The molecule has 186 valence electrons. The number of para-hydroxylation sites is 1. The third kappa shape index (κ3) is 5.92. The maximum Gasteiger partial charge on any atom is 0.291 e. The number of benzene rings is 2. The molecule has 0 saturated carbocycles. The second-order valence-electron chi connectivity index (χ2n) is 9.18. The van der Waals surface area contributed by atoms with E-state index >= 15 is 0 Å². The third-order valence-corrected chi connectivity index (χ3v) is 6.69. The number of hydrogen-bond donors (Lipinski definition) is 1. The summed E-state index contributed by atoms with van der Waals surface area (Å²) < 4.78 is 11.4. The molecule has 7 nitrogen and oxygen atoms in total. The van der Waals surface area contributed by atoms with Crippen LogP contribution in [0.1, 0.15) is 52.7 Å². The molecular formula is C28H35N3O4. The number of anilines is 1. The first-order chi connectivity index (χ1) is 17.0. The lowest BCUT2D eigenvalue weighted by molar-refractivity contribution is 0.0606. The molecule has 0 radical (unpaired) electrons. The highest BCUT2D eigenvalue weighted by Gasteiger charge is 2.30. The molecule has 1 N–H and O–H groups in total. The lowest BCUT2D eigenvalue weighted by Crippen LogP contribution is -2.46. The van der Waals surface area contributed by atoms with E-state index in [2.05, 4.69) is 17.3 Å². The lowest BCUT2D eigenvalue weighted by Gasteiger charge is -2.36. The molecule has 35 heavy (non-hydrogen) atoms. The molecule has 7 heteroatoms. The standard InChI is InChI=1S/C28H35N3O4/c1-4-34-18-8-15-30(3)22-13-16-31(17-14-22)28(33)26-25(23-11-5-6-12-24(23)35-26)29-27(32)21-10-7-9-20(2)19-21/h5-7,9-12,19,22H,4,8,13-18H2,1-3H3,(H,29,32). The van der Waals surface area contributed by atoms with Crippen molar-refractivity contribution in [2.24, 2.45) is 0 Å². The van der Waals surface area contributed by atoms with Gasteiger partial charge in [0.05, 0.1) is 0 Å². The van der Waals surface area contributed by atoms with Gasteiger partial charge in [-0.2, -0.15) is 0 Å². The highest BCUT2D eigenvalue weighted by molar-refractivity contribution is 6.14. The van der Waals surface area contributed by atoms with E-state index in [-0.39, 0.29) is 17.6 Å². The number of furan rings is 1. The third-order valence-electron chi connectivity index (χ3n) is 6.69. The van der Waals surface area contributed by atoms with E-state index in [1.54, 1.807) is 6.07 Å². The van der Waals surface area contributed by atoms with Gasteiger partial charge in [0, 0.05) is 49.8 Å². The van der Waals surface area contributed by atoms with E-state index in [4.69, 9.17) is 9.15 Å². The molecule has 1 saturated heterocycles. The van der Waals surface area contributed by atoms with Gasteiger partial charge < -0.3 is 24.3 Å². The van der Waals surface area contributed by atoms with Crippen LogP contribution in [0, 0.1) is 6.92 Å². The SMILES string of the molecule is CCOCCCN(C)C1CCN(C(=O)c2oc3ccccc3c2NC(=O)c2cccc(C)c2)CC1. The molecule has 2 heterocycles. The Labute approximate surface area is 207 Å². The van der Waals surface area contributed by atoms with Crippen LogP contribution >= 0.6 is 0 Å². The highest BCUT2D eigenvalue weighted by atomic mass is 16.5. The molecule has 2 amide bonds. The Bertz CT molecular complexity index is 1160. The molecule has 0 spiro atoms. The summed E-state index contributed by atoms with van der Waals surface area (Å²) in [7, 11) is 2.15. The maximum atomic E-state index is 13.5. The quantitative estimate of drug-likeness (QED) is 0.441. The van der Waals surface area contributed by atoms with Gasteiger partial charge >= 0.3 is 0 Å². The van der Waals surface area contributed by atoms with Gasteiger partial charge in [0.25, 0.3) is 11.8 Å². The van der Waals surface area contributed by atoms with Crippen LogP contribution in [0.3, 0.4) is 0 Å². The molecule has 1 aliphatic heterocycles. The number of nitrogens with one attached hydrogen (secondary N) is 1. The molecule has 0 aliphatic carbocycles. The smallest absolute Gasteiger partial charge is 0.291 e. The van der Waals surface area contributed by atoms with Crippen molar-refractivity contribution >= 4 is 28.5 Å². The largest absolute Gasteiger partial charge is 0.449 e. The van der Waals surface area contributed by atoms with Crippen LogP contribution in [0.2, 0.25) is 0 Å². The minimum atomic E-state index is -0.262. The molecule has 4 rings (SSSR count). The van der Waals surface area contributed by atoms with Gasteiger partial charge in [0.2, 0.25) is 5.76 Å². The van der Waals surface area contributed by atoms with Crippen LogP contribution in [0.5, 0.6) is 0 Å². The van der Waals surface area contributed by atoms with Crippen LogP contribution in [-0.2, 0) is 4.74 Å². The van der Waals surface area contributed by atoms with E-state index in [1.807, 2.05) is 61.2 Å². The van der Waals surface area contributed by atoms with Crippen molar-refractivity contribution < 1.29 is 18.7 Å². The molecule has 0 bridgehead atoms. The second-order valence-corrected chi connectivity index (χ2v) is 9.18. The summed E-state index contributed by atoms with van der Waals surface area (Å²) in [5.74, 6) is -0.254. The Morgan fingerprint density at radius 1 is 1.14 bits per heavy atom. The van der Waals surface area contributed by atoms with Gasteiger partial charge in [-0.05, 0) is 64.4 Å². The predicted molar refractivity (Wildman–Crippen MR) is 138 cm³/mol. The Hall–Kier alpha value is -3.16. The molecule has 1 aliphatic rings. The molecular weight excluding hydrogens is 442 g/mol. The molecule has 0 atom stereocenters. The Morgan fingerprint density at radius 2 is 1.91 bits per heavy atom. The molecule has 1 aromatic heterocycles. The second kappa shape index (κ2) is 11.5. The van der Waals surface area contributed by atoms with Crippen molar-refractivity contribution in [2.45, 2.75) is 39.2 Å². The van der Waals surface area contributed by atoms with Crippen molar-refractivity contribution in [3.63, 3.8) is 0 Å². The van der Waals surface area contributed by atoms with Crippen LogP contribution in [0.25, 0.3) is 11.0 Å². The minimum absolute atomic E-state index is 0.182. The lowest BCUT2D eigenvalue weighted by atomic mass is 10.0. The molecule has 3 aromatic rings. The van der Waals surface area contributed by atoms with Crippen molar-refractivity contribution in [3.05, 3.63) is 65.4 Å². The van der Waals surface area contributed by atoms with Gasteiger partial charge in [0.15, 0.2) is 0 Å². The van der Waals surface area contributed by atoms with Gasteiger partial charge in [-0.25, -0.2) is 0 Å². The first-order valence-electron chi connectivity index (χ1n) is 12.4. The Morgan fingerprint density at radius 3 is 2.66 bits per heavy atom. The first-order valence-corrected chi connectivity index (χ1v) is 12.4.